The van der Waals surface area contributed by atoms with Crippen LogP contribution in [0, 0.1) is 5.92 Å². The zero-order chi connectivity index (χ0) is 12.4. The van der Waals surface area contributed by atoms with Crippen LogP contribution in [0.2, 0.25) is 0 Å². The van der Waals surface area contributed by atoms with Crippen molar-refractivity contribution in [3.8, 4) is 0 Å². The van der Waals surface area contributed by atoms with E-state index in [1.54, 1.807) is 4.90 Å². The van der Waals surface area contributed by atoms with Crippen LogP contribution in [0.25, 0.3) is 0 Å². The molecule has 2 heterocycles. The molecule has 2 saturated heterocycles. The number of amides is 2. The second kappa shape index (κ2) is 4.73. The Bertz CT molecular complexity index is 355. The summed E-state index contributed by atoms with van der Waals surface area (Å²) in [6, 6.07) is 0.158. The number of carboxylic acid groups (broad SMARTS) is 1. The molecule has 0 spiro atoms. The average molecular weight is 240 g/mol. The van der Waals surface area contributed by atoms with Crippen molar-refractivity contribution in [2.24, 2.45) is 5.92 Å². The van der Waals surface area contributed by atoms with Gasteiger partial charge in [-0.25, -0.2) is 0 Å². The topological polar surface area (TPSA) is 86.7 Å². The van der Waals surface area contributed by atoms with Gasteiger partial charge in [0.25, 0.3) is 0 Å². The number of carboxylic acids is 1. The Morgan fingerprint density at radius 3 is 2.88 bits per heavy atom. The van der Waals surface area contributed by atoms with Gasteiger partial charge >= 0.3 is 5.97 Å². The number of aliphatic carboxylic acids is 1. The maximum atomic E-state index is 11.6. The maximum Gasteiger partial charge on any atom is 0.312 e. The first-order valence-corrected chi connectivity index (χ1v) is 5.85. The van der Waals surface area contributed by atoms with Crippen LogP contribution >= 0.6 is 0 Å². The Hall–Kier alpha value is -1.59. The lowest BCUT2D eigenvalue weighted by Gasteiger charge is -2.41. The Kier molecular flexibility index (Phi) is 3.31. The van der Waals surface area contributed by atoms with Gasteiger partial charge in [0.05, 0.1) is 0 Å². The summed E-state index contributed by atoms with van der Waals surface area (Å²) in [4.78, 5) is 34.9. The highest BCUT2D eigenvalue weighted by Gasteiger charge is 2.35. The highest BCUT2D eigenvalue weighted by molar-refractivity contribution is 5.93. The van der Waals surface area contributed by atoms with Crippen molar-refractivity contribution in [1.82, 2.24) is 10.2 Å². The summed E-state index contributed by atoms with van der Waals surface area (Å²) in [6.45, 7) is 1.10. The summed E-state index contributed by atoms with van der Waals surface area (Å²) in [6.07, 6.45) is 1.57. The second-order valence-electron chi connectivity index (χ2n) is 4.67. The van der Waals surface area contributed by atoms with E-state index in [2.05, 4.69) is 5.32 Å². The maximum absolute atomic E-state index is 11.6. The fourth-order valence-corrected chi connectivity index (χ4v) is 2.58. The lowest BCUT2D eigenvalue weighted by atomic mass is 9.85. The number of likely N-dealkylation sites (tertiary alicyclic amines) is 1. The fourth-order valence-electron chi connectivity index (χ4n) is 2.58. The molecule has 2 N–H and O–H groups in total. The largest absolute Gasteiger partial charge is 0.481 e. The van der Waals surface area contributed by atoms with Gasteiger partial charge in [-0.1, -0.05) is 0 Å². The number of rotatable bonds is 2. The van der Waals surface area contributed by atoms with Crippen LogP contribution in [-0.4, -0.2) is 46.9 Å². The Labute approximate surface area is 99.0 Å². The number of piperidine rings is 2. The van der Waals surface area contributed by atoms with Gasteiger partial charge in [0, 0.05) is 25.6 Å². The van der Waals surface area contributed by atoms with E-state index < -0.39 is 12.4 Å². The van der Waals surface area contributed by atoms with Crippen LogP contribution in [0.3, 0.4) is 0 Å². The van der Waals surface area contributed by atoms with Crippen LogP contribution in [0.4, 0.5) is 0 Å². The number of fused-ring (bicyclic) bond motifs is 1. The van der Waals surface area contributed by atoms with Gasteiger partial charge in [-0.15, -0.1) is 0 Å². The van der Waals surface area contributed by atoms with Crippen molar-refractivity contribution in [2.75, 3.05) is 13.1 Å². The normalized spacial score (nSPS) is 28.2. The molecule has 2 unspecified atom stereocenters. The van der Waals surface area contributed by atoms with Crippen LogP contribution in [0.15, 0.2) is 0 Å². The molecule has 0 aromatic carbocycles. The predicted octanol–water partition coefficient (Wildman–Crippen LogP) is -0.412. The van der Waals surface area contributed by atoms with E-state index >= 15 is 0 Å². The minimum Gasteiger partial charge on any atom is -0.481 e. The van der Waals surface area contributed by atoms with Gasteiger partial charge in [-0.2, -0.15) is 0 Å². The lowest BCUT2D eigenvalue weighted by Crippen LogP contribution is -2.55. The molecule has 2 rings (SSSR count). The molecule has 2 aliphatic rings. The molecule has 6 nitrogen and oxygen atoms in total. The Morgan fingerprint density at radius 2 is 2.18 bits per heavy atom. The molecule has 2 aliphatic heterocycles. The molecule has 2 atom stereocenters. The van der Waals surface area contributed by atoms with Crippen LogP contribution in [-0.2, 0) is 14.4 Å². The van der Waals surface area contributed by atoms with Crippen LogP contribution < -0.4 is 5.32 Å². The SMILES string of the molecule is O=C(O)CC(=O)N1CCC2NC(=O)CCC2C1. The number of nitrogens with one attached hydrogen (secondary N) is 1. The summed E-state index contributed by atoms with van der Waals surface area (Å²) in [5, 5.41) is 11.5. The smallest absolute Gasteiger partial charge is 0.312 e. The summed E-state index contributed by atoms with van der Waals surface area (Å²) in [5.74, 6) is -1.06. The second-order valence-corrected chi connectivity index (χ2v) is 4.67. The van der Waals surface area contributed by atoms with E-state index in [0.29, 0.717) is 19.5 Å². The van der Waals surface area contributed by atoms with Crippen molar-refractivity contribution in [1.29, 1.82) is 0 Å². The molecular formula is C11H16N2O4. The molecule has 17 heavy (non-hydrogen) atoms. The van der Waals surface area contributed by atoms with E-state index in [1.807, 2.05) is 0 Å². The van der Waals surface area contributed by atoms with Crippen molar-refractivity contribution in [3.63, 3.8) is 0 Å². The number of hydrogen-bond acceptors (Lipinski definition) is 3. The number of carbonyl (C=O) groups excluding carboxylic acids is 2. The lowest BCUT2D eigenvalue weighted by molar-refractivity contribution is -0.145. The van der Waals surface area contributed by atoms with E-state index in [0.717, 1.165) is 12.8 Å². The Morgan fingerprint density at radius 1 is 1.41 bits per heavy atom. The fraction of sp³-hybridized carbons (Fsp3) is 0.727. The van der Waals surface area contributed by atoms with Crippen LogP contribution in [0.1, 0.15) is 25.7 Å². The van der Waals surface area contributed by atoms with Gasteiger partial charge in [-0.05, 0) is 18.8 Å². The van der Waals surface area contributed by atoms with Gasteiger partial charge < -0.3 is 15.3 Å². The van der Waals surface area contributed by atoms with E-state index in [4.69, 9.17) is 5.11 Å². The summed E-state index contributed by atoms with van der Waals surface area (Å²) in [5.41, 5.74) is 0. The average Bonchev–Trinajstić information content (AvgIpc) is 2.27. The number of carbonyl (C=O) groups is 3. The highest BCUT2D eigenvalue weighted by Crippen LogP contribution is 2.25. The molecule has 0 aromatic heterocycles. The van der Waals surface area contributed by atoms with Gasteiger partial charge in [0.1, 0.15) is 6.42 Å². The zero-order valence-corrected chi connectivity index (χ0v) is 9.52. The molecule has 0 aromatic rings. The molecule has 0 aliphatic carbocycles. The number of nitrogens with zero attached hydrogens (tertiary/aromatic N) is 1. The van der Waals surface area contributed by atoms with Gasteiger partial charge in [0.15, 0.2) is 0 Å². The molecule has 6 heteroatoms. The third-order valence-corrected chi connectivity index (χ3v) is 3.48. The van der Waals surface area contributed by atoms with E-state index in [9.17, 15) is 14.4 Å². The summed E-state index contributed by atoms with van der Waals surface area (Å²) >= 11 is 0. The standard InChI is InChI=1S/C11H16N2O4/c14-9-2-1-7-6-13(4-3-8(7)12-9)10(15)5-11(16)17/h7-8H,1-6H2,(H,12,14)(H,16,17). The Balaban J connectivity index is 1.91. The van der Waals surface area contributed by atoms with E-state index in [1.165, 1.54) is 0 Å². The first-order valence-electron chi connectivity index (χ1n) is 5.85. The summed E-state index contributed by atoms with van der Waals surface area (Å²) in [7, 11) is 0. The highest BCUT2D eigenvalue weighted by atomic mass is 16.4. The molecule has 0 bridgehead atoms. The molecule has 2 amide bonds. The molecule has 94 valence electrons. The monoisotopic (exact) mass is 240 g/mol. The molecular weight excluding hydrogens is 224 g/mol. The molecule has 2 fully saturated rings. The minimum atomic E-state index is -1.09. The zero-order valence-electron chi connectivity index (χ0n) is 9.52. The van der Waals surface area contributed by atoms with Crippen molar-refractivity contribution < 1.29 is 19.5 Å². The van der Waals surface area contributed by atoms with Gasteiger partial charge in [-0.3, -0.25) is 14.4 Å². The summed E-state index contributed by atoms with van der Waals surface area (Å²) < 4.78 is 0. The van der Waals surface area contributed by atoms with Gasteiger partial charge in [0.2, 0.25) is 11.8 Å². The predicted molar refractivity (Wildman–Crippen MR) is 58.1 cm³/mol. The minimum absolute atomic E-state index is 0.0802. The van der Waals surface area contributed by atoms with Crippen molar-refractivity contribution in [3.05, 3.63) is 0 Å². The first kappa shape index (κ1) is 11.9. The third kappa shape index (κ3) is 2.75. The van der Waals surface area contributed by atoms with Crippen LogP contribution in [0.5, 0.6) is 0 Å². The molecule has 0 radical (unpaired) electrons. The van der Waals surface area contributed by atoms with Crippen molar-refractivity contribution in [2.45, 2.75) is 31.7 Å². The third-order valence-electron chi connectivity index (χ3n) is 3.48. The first-order chi connectivity index (χ1) is 8.06. The quantitative estimate of drug-likeness (QED) is 0.642. The van der Waals surface area contributed by atoms with E-state index in [-0.39, 0.29) is 23.8 Å². The number of hydrogen-bond donors (Lipinski definition) is 2. The molecule has 0 saturated carbocycles. The van der Waals surface area contributed by atoms with Crippen molar-refractivity contribution >= 4 is 17.8 Å².